The fraction of sp³-hybridized carbons (Fsp3) is 0.421. The van der Waals surface area contributed by atoms with Gasteiger partial charge in [-0.05, 0) is 38.0 Å². The Morgan fingerprint density at radius 1 is 1.30 bits per heavy atom. The highest BCUT2D eigenvalue weighted by molar-refractivity contribution is 7.91. The lowest BCUT2D eigenvalue weighted by atomic mass is 9.66. The second-order valence-corrected chi connectivity index (χ2v) is 10.4. The zero-order valence-corrected chi connectivity index (χ0v) is 18.4. The van der Waals surface area contributed by atoms with Crippen molar-refractivity contribution in [3.05, 3.63) is 46.0 Å². The second kappa shape index (κ2) is 7.76. The summed E-state index contributed by atoms with van der Waals surface area (Å²) in [7, 11) is -2.79. The van der Waals surface area contributed by atoms with Gasteiger partial charge in [-0.25, -0.2) is 21.6 Å². The number of hydrogen-bond acceptors (Lipinski definition) is 3. The molecule has 11 heteroatoms. The quantitative estimate of drug-likeness (QED) is 0.605. The number of carbonyl (C=O) groups is 1. The van der Waals surface area contributed by atoms with Crippen LogP contribution in [0.1, 0.15) is 36.7 Å². The predicted octanol–water partition coefficient (Wildman–Crippen LogP) is 5.32. The Hall–Kier alpha value is -1.71. The molecule has 0 spiro atoms. The van der Waals surface area contributed by atoms with Gasteiger partial charge in [0.25, 0.3) is 11.8 Å². The molecule has 164 valence electrons. The molecule has 1 aliphatic carbocycles. The Labute approximate surface area is 182 Å². The lowest BCUT2D eigenvalue weighted by molar-refractivity contribution is -0.134. The van der Waals surface area contributed by atoms with Gasteiger partial charge in [-0.2, -0.15) is 0 Å². The van der Waals surface area contributed by atoms with E-state index in [0.29, 0.717) is 6.42 Å². The number of aromatic nitrogens is 1. The fourth-order valence-corrected chi connectivity index (χ4v) is 6.48. The number of halogens is 5. The first-order chi connectivity index (χ1) is 13.8. The summed E-state index contributed by atoms with van der Waals surface area (Å²) in [6, 6.07) is 3.52. The van der Waals surface area contributed by atoms with Crippen molar-refractivity contribution in [1.82, 2.24) is 4.57 Å². The summed E-state index contributed by atoms with van der Waals surface area (Å²) in [5.74, 6) is -5.35. The van der Waals surface area contributed by atoms with Gasteiger partial charge in [-0.3, -0.25) is 4.79 Å². The first kappa shape index (κ1) is 23.0. The third-order valence-corrected chi connectivity index (χ3v) is 8.22. The van der Waals surface area contributed by atoms with E-state index in [1.807, 2.05) is 0 Å². The topological polar surface area (TPSA) is 68.2 Å². The molecule has 1 amide bonds. The number of nitrogens with one attached hydrogen (secondary N) is 1. The molecule has 0 atom stereocenters. The first-order valence-electron chi connectivity index (χ1n) is 8.99. The molecule has 3 rings (SSSR count). The van der Waals surface area contributed by atoms with Gasteiger partial charge in [0.15, 0.2) is 9.84 Å². The smallest absolute Gasteiger partial charge is 0.273 e. The van der Waals surface area contributed by atoms with Gasteiger partial charge < -0.3 is 9.88 Å². The molecule has 1 fully saturated rings. The van der Waals surface area contributed by atoms with Gasteiger partial charge in [-0.15, -0.1) is 0 Å². The van der Waals surface area contributed by atoms with Gasteiger partial charge in [0, 0.05) is 24.3 Å². The monoisotopic (exact) mass is 482 g/mol. The minimum Gasteiger partial charge on any atom is -0.344 e. The SMILES string of the molecule is Cn1cc(S(=O)(=O)CC2(C(C)(F)F)CCC2)c(Cl)c1C(=O)Nc1ccc(F)c(Cl)c1. The summed E-state index contributed by atoms with van der Waals surface area (Å²) in [6.07, 6.45) is 1.84. The zero-order chi connectivity index (χ0) is 22.5. The number of nitrogens with zero attached hydrogens (tertiary/aromatic N) is 1. The van der Waals surface area contributed by atoms with E-state index in [1.165, 1.54) is 23.7 Å². The maximum Gasteiger partial charge on any atom is 0.273 e. The second-order valence-electron chi connectivity index (χ2n) is 7.63. The molecule has 5 nitrogen and oxygen atoms in total. The summed E-state index contributed by atoms with van der Waals surface area (Å²) in [5, 5.41) is 1.89. The Kier molecular flexibility index (Phi) is 5.94. The van der Waals surface area contributed by atoms with Crippen molar-refractivity contribution < 1.29 is 26.4 Å². The lowest BCUT2D eigenvalue weighted by Gasteiger charge is -2.45. The van der Waals surface area contributed by atoms with E-state index >= 15 is 0 Å². The Morgan fingerprint density at radius 2 is 1.93 bits per heavy atom. The summed E-state index contributed by atoms with van der Waals surface area (Å²) in [6.45, 7) is 0.723. The van der Waals surface area contributed by atoms with Crippen LogP contribution in [-0.2, 0) is 16.9 Å². The van der Waals surface area contributed by atoms with Gasteiger partial charge in [0.2, 0.25) is 0 Å². The molecule has 0 aliphatic heterocycles. The Bertz CT molecular complexity index is 1110. The van der Waals surface area contributed by atoms with Crippen LogP contribution in [0.4, 0.5) is 18.9 Å². The van der Waals surface area contributed by atoms with Crippen molar-refractivity contribution in [3.63, 3.8) is 0 Å². The van der Waals surface area contributed by atoms with E-state index in [-0.39, 0.29) is 39.2 Å². The highest BCUT2D eigenvalue weighted by Gasteiger charge is 2.56. The molecule has 1 saturated carbocycles. The van der Waals surface area contributed by atoms with Gasteiger partial charge >= 0.3 is 0 Å². The normalized spacial score (nSPS) is 16.2. The number of hydrogen-bond donors (Lipinski definition) is 1. The van der Waals surface area contributed by atoms with Crippen LogP contribution in [0.2, 0.25) is 10.0 Å². The van der Waals surface area contributed by atoms with E-state index < -0.39 is 38.7 Å². The molecular formula is C19H19Cl2F3N2O3S. The molecule has 1 N–H and O–H groups in total. The molecule has 0 saturated heterocycles. The highest BCUT2D eigenvalue weighted by Crippen LogP contribution is 2.53. The molecule has 1 heterocycles. The van der Waals surface area contributed by atoms with E-state index in [9.17, 15) is 26.4 Å². The number of anilines is 1. The van der Waals surface area contributed by atoms with Gasteiger partial charge in [0.1, 0.15) is 16.4 Å². The molecule has 2 aromatic rings. The number of rotatable bonds is 6. The number of amides is 1. The summed E-state index contributed by atoms with van der Waals surface area (Å²) in [5.41, 5.74) is -1.65. The molecule has 1 aromatic carbocycles. The maximum atomic E-state index is 14.1. The van der Waals surface area contributed by atoms with Crippen LogP contribution in [0.5, 0.6) is 0 Å². The average Bonchev–Trinajstić information content (AvgIpc) is 2.89. The minimum atomic E-state index is -4.20. The number of benzene rings is 1. The predicted molar refractivity (Wildman–Crippen MR) is 109 cm³/mol. The standard InChI is InChI=1S/C19H19Cl2F3N2O3S/c1-18(23,24)19(6-3-7-19)10-30(28,29)14-9-26(2)16(15(14)21)17(27)25-11-4-5-13(22)12(20)8-11/h4-5,8-9H,3,6-7,10H2,1-2H3,(H,25,27). The van der Waals surface area contributed by atoms with Crippen LogP contribution in [0.25, 0.3) is 0 Å². The molecule has 0 radical (unpaired) electrons. The van der Waals surface area contributed by atoms with Crippen LogP contribution in [0, 0.1) is 11.2 Å². The van der Waals surface area contributed by atoms with Crippen molar-refractivity contribution >= 4 is 44.6 Å². The van der Waals surface area contributed by atoms with Crippen molar-refractivity contribution in [1.29, 1.82) is 0 Å². The van der Waals surface area contributed by atoms with Crippen molar-refractivity contribution in [2.24, 2.45) is 12.5 Å². The maximum absolute atomic E-state index is 14.1. The minimum absolute atomic E-state index is 0.0961. The fourth-order valence-electron chi connectivity index (χ4n) is 3.56. The van der Waals surface area contributed by atoms with E-state index in [0.717, 1.165) is 19.2 Å². The molecular weight excluding hydrogens is 464 g/mol. The van der Waals surface area contributed by atoms with Crippen molar-refractivity contribution in [2.75, 3.05) is 11.1 Å². The molecule has 1 aliphatic rings. The van der Waals surface area contributed by atoms with Crippen LogP contribution < -0.4 is 5.32 Å². The summed E-state index contributed by atoms with van der Waals surface area (Å²) < 4.78 is 68.5. The zero-order valence-electron chi connectivity index (χ0n) is 16.1. The van der Waals surface area contributed by atoms with Crippen LogP contribution in [0.15, 0.2) is 29.3 Å². The van der Waals surface area contributed by atoms with Crippen LogP contribution in [-0.4, -0.2) is 30.6 Å². The van der Waals surface area contributed by atoms with Crippen molar-refractivity contribution in [3.8, 4) is 0 Å². The first-order valence-corrected chi connectivity index (χ1v) is 11.4. The molecule has 1 aromatic heterocycles. The van der Waals surface area contributed by atoms with E-state index in [2.05, 4.69) is 5.32 Å². The summed E-state index contributed by atoms with van der Waals surface area (Å²) >= 11 is 11.9. The Morgan fingerprint density at radius 3 is 2.43 bits per heavy atom. The van der Waals surface area contributed by atoms with Gasteiger partial charge in [-0.1, -0.05) is 29.6 Å². The largest absolute Gasteiger partial charge is 0.344 e. The average molecular weight is 483 g/mol. The lowest BCUT2D eigenvalue weighted by Crippen LogP contribution is -2.49. The van der Waals surface area contributed by atoms with Crippen LogP contribution >= 0.6 is 23.2 Å². The van der Waals surface area contributed by atoms with E-state index in [1.54, 1.807) is 0 Å². The van der Waals surface area contributed by atoms with Crippen LogP contribution in [0.3, 0.4) is 0 Å². The highest BCUT2D eigenvalue weighted by atomic mass is 35.5. The molecule has 0 bridgehead atoms. The third-order valence-electron chi connectivity index (χ3n) is 5.52. The van der Waals surface area contributed by atoms with E-state index in [4.69, 9.17) is 23.2 Å². The number of sulfone groups is 1. The number of alkyl halides is 2. The Balaban J connectivity index is 1.91. The number of aryl methyl sites for hydroxylation is 1. The summed E-state index contributed by atoms with van der Waals surface area (Å²) in [4.78, 5) is 12.3. The molecule has 0 unspecified atom stereocenters. The van der Waals surface area contributed by atoms with Crippen molar-refractivity contribution in [2.45, 2.75) is 37.0 Å². The number of carbonyl (C=O) groups excluding carboxylic acids is 1. The molecule has 30 heavy (non-hydrogen) atoms. The van der Waals surface area contributed by atoms with Gasteiger partial charge in [0.05, 0.1) is 15.8 Å². The third kappa shape index (κ3) is 4.07.